The minimum absolute atomic E-state index is 0.289. The van der Waals surface area contributed by atoms with Crippen LogP contribution in [0.25, 0.3) is 0 Å². The summed E-state index contributed by atoms with van der Waals surface area (Å²) in [5.74, 6) is 0. The van der Waals surface area contributed by atoms with Crippen LogP contribution in [-0.4, -0.2) is 60.5 Å². The van der Waals surface area contributed by atoms with Crippen molar-refractivity contribution in [3.63, 3.8) is 0 Å². The van der Waals surface area contributed by atoms with E-state index in [1.807, 2.05) is 13.8 Å². The van der Waals surface area contributed by atoms with Crippen molar-refractivity contribution < 1.29 is 9.84 Å². The second-order valence-electron chi connectivity index (χ2n) is 5.69. The van der Waals surface area contributed by atoms with Crippen molar-refractivity contribution in [1.82, 2.24) is 10.2 Å². The molecule has 2 unspecified atom stereocenters. The first-order chi connectivity index (χ1) is 7.54. The van der Waals surface area contributed by atoms with Crippen molar-refractivity contribution in [2.75, 3.05) is 32.8 Å². The molecular formula is C12H24N2O2. The molecular weight excluding hydrogens is 204 g/mol. The Hall–Kier alpha value is -0.160. The lowest BCUT2D eigenvalue weighted by Crippen LogP contribution is -2.50. The molecule has 0 amide bonds. The predicted octanol–water partition coefficient (Wildman–Crippen LogP) is 0.210. The Labute approximate surface area is 98.0 Å². The van der Waals surface area contributed by atoms with Gasteiger partial charge in [-0.05, 0) is 33.2 Å². The van der Waals surface area contributed by atoms with Crippen molar-refractivity contribution in [1.29, 1.82) is 0 Å². The summed E-state index contributed by atoms with van der Waals surface area (Å²) in [6.07, 6.45) is 2.90. The molecule has 0 spiro atoms. The number of morpholine rings is 1. The lowest BCUT2D eigenvalue weighted by molar-refractivity contribution is -0.0487. The third-order valence-electron chi connectivity index (χ3n) is 3.39. The zero-order chi connectivity index (χ0) is 11.6. The van der Waals surface area contributed by atoms with E-state index in [9.17, 15) is 5.11 Å². The highest BCUT2D eigenvalue weighted by molar-refractivity contribution is 4.86. The number of nitrogens with one attached hydrogen (secondary N) is 1. The van der Waals surface area contributed by atoms with Crippen LogP contribution < -0.4 is 5.32 Å². The van der Waals surface area contributed by atoms with Crippen molar-refractivity contribution in [3.05, 3.63) is 0 Å². The van der Waals surface area contributed by atoms with Crippen molar-refractivity contribution in [2.24, 2.45) is 0 Å². The second kappa shape index (κ2) is 5.00. The van der Waals surface area contributed by atoms with E-state index in [-0.39, 0.29) is 6.10 Å². The summed E-state index contributed by atoms with van der Waals surface area (Å²) in [4.78, 5) is 2.54. The van der Waals surface area contributed by atoms with Crippen LogP contribution in [-0.2, 0) is 4.74 Å². The molecule has 2 saturated heterocycles. The van der Waals surface area contributed by atoms with E-state index in [0.717, 1.165) is 19.7 Å². The molecule has 2 heterocycles. The van der Waals surface area contributed by atoms with Crippen LogP contribution in [0.3, 0.4) is 0 Å². The highest BCUT2D eigenvalue weighted by Crippen LogP contribution is 2.22. The SMILES string of the molecule is CC(C)(O)CNCC1CN2CCCC2CO1. The number of hydrogen-bond acceptors (Lipinski definition) is 4. The number of fused-ring (bicyclic) bond motifs is 1. The van der Waals surface area contributed by atoms with Crippen LogP contribution >= 0.6 is 0 Å². The molecule has 0 aromatic rings. The number of ether oxygens (including phenoxy) is 1. The monoisotopic (exact) mass is 228 g/mol. The molecule has 94 valence electrons. The quantitative estimate of drug-likeness (QED) is 0.722. The molecule has 4 nitrogen and oxygen atoms in total. The van der Waals surface area contributed by atoms with Gasteiger partial charge in [0, 0.05) is 25.7 Å². The first-order valence-corrected chi connectivity index (χ1v) is 6.33. The Morgan fingerprint density at radius 3 is 3.06 bits per heavy atom. The Balaban J connectivity index is 1.67. The van der Waals surface area contributed by atoms with Gasteiger partial charge < -0.3 is 15.2 Å². The molecule has 2 atom stereocenters. The molecule has 16 heavy (non-hydrogen) atoms. The molecule has 0 radical (unpaired) electrons. The summed E-state index contributed by atoms with van der Waals surface area (Å²) in [5, 5.41) is 12.9. The predicted molar refractivity (Wildman–Crippen MR) is 63.5 cm³/mol. The third-order valence-corrected chi connectivity index (χ3v) is 3.39. The number of hydrogen-bond donors (Lipinski definition) is 2. The van der Waals surface area contributed by atoms with Gasteiger partial charge in [0.15, 0.2) is 0 Å². The zero-order valence-corrected chi connectivity index (χ0v) is 10.4. The van der Waals surface area contributed by atoms with Crippen molar-refractivity contribution >= 4 is 0 Å². The number of rotatable bonds is 4. The summed E-state index contributed by atoms with van der Waals surface area (Å²) < 4.78 is 5.82. The molecule has 2 N–H and O–H groups in total. The second-order valence-corrected chi connectivity index (χ2v) is 5.69. The summed E-state index contributed by atoms with van der Waals surface area (Å²) in [6.45, 7) is 8.26. The smallest absolute Gasteiger partial charge is 0.0827 e. The van der Waals surface area contributed by atoms with Gasteiger partial charge >= 0.3 is 0 Å². The maximum absolute atomic E-state index is 9.58. The van der Waals surface area contributed by atoms with Crippen LogP contribution in [0.4, 0.5) is 0 Å². The minimum Gasteiger partial charge on any atom is -0.389 e. The summed E-state index contributed by atoms with van der Waals surface area (Å²) >= 11 is 0. The van der Waals surface area contributed by atoms with Gasteiger partial charge in [-0.3, -0.25) is 4.90 Å². The van der Waals surface area contributed by atoms with E-state index in [0.29, 0.717) is 12.6 Å². The average molecular weight is 228 g/mol. The summed E-state index contributed by atoms with van der Waals surface area (Å²) in [7, 11) is 0. The lowest BCUT2D eigenvalue weighted by atomic mass is 10.1. The molecule has 0 aliphatic carbocycles. The van der Waals surface area contributed by atoms with E-state index in [1.54, 1.807) is 0 Å². The molecule has 0 aromatic carbocycles. The maximum atomic E-state index is 9.58. The number of nitrogens with zero attached hydrogens (tertiary/aromatic N) is 1. The van der Waals surface area contributed by atoms with E-state index < -0.39 is 5.60 Å². The van der Waals surface area contributed by atoms with Gasteiger partial charge in [-0.25, -0.2) is 0 Å². The standard InChI is InChI=1S/C12H24N2O2/c1-12(2,15)9-13-6-11-7-14-5-3-4-10(14)8-16-11/h10-11,13,15H,3-9H2,1-2H3. The van der Waals surface area contributed by atoms with Crippen LogP contribution in [0.15, 0.2) is 0 Å². The molecule has 2 rings (SSSR count). The van der Waals surface area contributed by atoms with E-state index >= 15 is 0 Å². The molecule has 2 fully saturated rings. The van der Waals surface area contributed by atoms with E-state index in [4.69, 9.17) is 4.74 Å². The van der Waals surface area contributed by atoms with Gasteiger partial charge in [0.25, 0.3) is 0 Å². The third kappa shape index (κ3) is 3.42. The van der Waals surface area contributed by atoms with Crippen LogP contribution in [0.1, 0.15) is 26.7 Å². The van der Waals surface area contributed by atoms with Crippen LogP contribution in [0.5, 0.6) is 0 Å². The highest BCUT2D eigenvalue weighted by atomic mass is 16.5. The van der Waals surface area contributed by atoms with E-state index in [1.165, 1.54) is 19.4 Å². The fourth-order valence-electron chi connectivity index (χ4n) is 2.55. The van der Waals surface area contributed by atoms with Gasteiger partial charge in [-0.1, -0.05) is 0 Å². The average Bonchev–Trinajstić information content (AvgIpc) is 2.62. The number of aliphatic hydroxyl groups is 1. The highest BCUT2D eigenvalue weighted by Gasteiger charge is 2.31. The first kappa shape index (κ1) is 12.3. The fourth-order valence-corrected chi connectivity index (χ4v) is 2.55. The zero-order valence-electron chi connectivity index (χ0n) is 10.4. The molecule has 0 bridgehead atoms. The first-order valence-electron chi connectivity index (χ1n) is 6.33. The molecule has 2 aliphatic heterocycles. The largest absolute Gasteiger partial charge is 0.389 e. The van der Waals surface area contributed by atoms with E-state index in [2.05, 4.69) is 10.2 Å². The lowest BCUT2D eigenvalue weighted by Gasteiger charge is -2.35. The molecule has 2 aliphatic rings. The Morgan fingerprint density at radius 2 is 2.31 bits per heavy atom. The Bertz CT molecular complexity index is 228. The Kier molecular flexibility index (Phi) is 3.85. The van der Waals surface area contributed by atoms with Gasteiger partial charge in [0.1, 0.15) is 0 Å². The van der Waals surface area contributed by atoms with Crippen LogP contribution in [0.2, 0.25) is 0 Å². The summed E-state index contributed by atoms with van der Waals surface area (Å²) in [6, 6.07) is 0.672. The Morgan fingerprint density at radius 1 is 1.50 bits per heavy atom. The van der Waals surface area contributed by atoms with Gasteiger partial charge in [0.05, 0.1) is 18.3 Å². The van der Waals surface area contributed by atoms with Crippen molar-refractivity contribution in [3.8, 4) is 0 Å². The normalized spacial score (nSPS) is 31.7. The molecule has 0 aromatic heterocycles. The summed E-state index contributed by atoms with van der Waals surface area (Å²) in [5.41, 5.74) is -0.634. The minimum atomic E-state index is -0.634. The maximum Gasteiger partial charge on any atom is 0.0827 e. The topological polar surface area (TPSA) is 44.7 Å². The molecule has 4 heteroatoms. The van der Waals surface area contributed by atoms with Gasteiger partial charge in [0.2, 0.25) is 0 Å². The van der Waals surface area contributed by atoms with Crippen molar-refractivity contribution in [2.45, 2.75) is 44.4 Å². The van der Waals surface area contributed by atoms with Gasteiger partial charge in [-0.2, -0.15) is 0 Å². The molecule has 0 saturated carbocycles. The van der Waals surface area contributed by atoms with Gasteiger partial charge in [-0.15, -0.1) is 0 Å². The van der Waals surface area contributed by atoms with Crippen LogP contribution in [0, 0.1) is 0 Å². The fraction of sp³-hybridized carbons (Fsp3) is 1.00.